The largest absolute Gasteiger partial charge is 0.494 e. The van der Waals surface area contributed by atoms with Gasteiger partial charge in [-0.25, -0.2) is 9.59 Å². The number of rotatable bonds is 9. The van der Waals surface area contributed by atoms with Gasteiger partial charge in [-0.15, -0.1) is 6.42 Å². The standard InChI is InChI=1S/C21H29NO5/c1-6-16-13-17(14-18(15(16)2)19(23)24)26-12-10-8-7-9-11-22-20(25)27-21(3,4)5/h1,13-14H,7-12H2,2-5H3,(H,22,25)(H,23,24). The zero-order chi connectivity index (χ0) is 20.4. The Morgan fingerprint density at radius 2 is 1.85 bits per heavy atom. The van der Waals surface area contributed by atoms with Crippen molar-refractivity contribution in [2.75, 3.05) is 13.2 Å². The van der Waals surface area contributed by atoms with Crippen molar-refractivity contribution in [2.24, 2.45) is 0 Å². The molecular formula is C21H29NO5. The zero-order valence-corrected chi connectivity index (χ0v) is 16.6. The van der Waals surface area contributed by atoms with Crippen LogP contribution in [0.1, 0.15) is 67.9 Å². The number of carbonyl (C=O) groups is 2. The summed E-state index contributed by atoms with van der Waals surface area (Å²) in [6.07, 6.45) is 8.60. The minimum Gasteiger partial charge on any atom is -0.494 e. The van der Waals surface area contributed by atoms with Crippen LogP contribution in [0.15, 0.2) is 12.1 Å². The van der Waals surface area contributed by atoms with Crippen LogP contribution in [0.4, 0.5) is 4.79 Å². The van der Waals surface area contributed by atoms with Crippen LogP contribution in [0.2, 0.25) is 0 Å². The van der Waals surface area contributed by atoms with Crippen LogP contribution in [-0.2, 0) is 4.74 Å². The van der Waals surface area contributed by atoms with Gasteiger partial charge in [0.1, 0.15) is 11.4 Å². The van der Waals surface area contributed by atoms with Crippen LogP contribution in [0, 0.1) is 19.3 Å². The lowest BCUT2D eigenvalue weighted by Crippen LogP contribution is -2.32. The van der Waals surface area contributed by atoms with Crippen LogP contribution >= 0.6 is 0 Å². The number of carboxylic acids is 1. The average Bonchev–Trinajstić information content (AvgIpc) is 2.56. The Labute approximate surface area is 161 Å². The molecule has 27 heavy (non-hydrogen) atoms. The smallest absolute Gasteiger partial charge is 0.407 e. The molecule has 1 aromatic rings. The Balaban J connectivity index is 2.28. The second kappa shape index (κ2) is 10.5. The van der Waals surface area contributed by atoms with Crippen LogP contribution in [0.5, 0.6) is 5.75 Å². The number of carbonyl (C=O) groups excluding carboxylic acids is 1. The van der Waals surface area contributed by atoms with Gasteiger partial charge in [0.05, 0.1) is 12.2 Å². The maximum atomic E-state index is 11.5. The van der Waals surface area contributed by atoms with Crippen molar-refractivity contribution in [1.29, 1.82) is 0 Å². The predicted octanol–water partition coefficient (Wildman–Crippen LogP) is 4.14. The van der Waals surface area contributed by atoms with Crippen molar-refractivity contribution < 1.29 is 24.2 Å². The SMILES string of the molecule is C#Cc1cc(OCCCCCCNC(=O)OC(C)(C)C)cc(C(=O)O)c1C. The Morgan fingerprint density at radius 3 is 2.44 bits per heavy atom. The molecule has 0 unspecified atom stereocenters. The molecule has 0 heterocycles. The fourth-order valence-corrected chi connectivity index (χ4v) is 2.42. The quantitative estimate of drug-likeness (QED) is 0.500. The van der Waals surface area contributed by atoms with Crippen molar-refractivity contribution in [1.82, 2.24) is 5.32 Å². The summed E-state index contributed by atoms with van der Waals surface area (Å²) in [5, 5.41) is 12.0. The number of hydrogen-bond donors (Lipinski definition) is 2. The number of amides is 1. The van der Waals surface area contributed by atoms with Crippen LogP contribution in [0.25, 0.3) is 0 Å². The summed E-state index contributed by atoms with van der Waals surface area (Å²) in [6.45, 7) is 8.21. The molecule has 6 nitrogen and oxygen atoms in total. The third-order valence-corrected chi connectivity index (χ3v) is 3.78. The summed E-state index contributed by atoms with van der Waals surface area (Å²) in [5.74, 6) is 1.94. The lowest BCUT2D eigenvalue weighted by atomic mass is 10.0. The van der Waals surface area contributed by atoms with E-state index in [-0.39, 0.29) is 5.56 Å². The van der Waals surface area contributed by atoms with Crippen molar-refractivity contribution in [2.45, 2.75) is 59.0 Å². The molecule has 2 N–H and O–H groups in total. The number of nitrogens with one attached hydrogen (secondary N) is 1. The number of hydrogen-bond acceptors (Lipinski definition) is 4. The van der Waals surface area contributed by atoms with Crippen molar-refractivity contribution in [3.8, 4) is 18.1 Å². The van der Waals surface area contributed by atoms with E-state index in [0.29, 0.717) is 30.0 Å². The summed E-state index contributed by atoms with van der Waals surface area (Å²) < 4.78 is 10.8. The summed E-state index contributed by atoms with van der Waals surface area (Å²) in [4.78, 5) is 22.8. The first-order valence-corrected chi connectivity index (χ1v) is 9.08. The highest BCUT2D eigenvalue weighted by atomic mass is 16.6. The molecule has 1 amide bonds. The van der Waals surface area contributed by atoms with Gasteiger partial charge in [0.25, 0.3) is 0 Å². The molecule has 0 aliphatic heterocycles. The Hall–Kier alpha value is -2.68. The molecule has 0 fully saturated rings. The topological polar surface area (TPSA) is 84.9 Å². The van der Waals surface area contributed by atoms with E-state index in [1.54, 1.807) is 13.0 Å². The molecule has 0 saturated carbocycles. The second-order valence-corrected chi connectivity index (χ2v) is 7.28. The molecule has 1 aromatic carbocycles. The van der Waals surface area contributed by atoms with Crippen LogP contribution in [-0.4, -0.2) is 35.9 Å². The minimum absolute atomic E-state index is 0.161. The first-order chi connectivity index (χ1) is 12.6. The third-order valence-electron chi connectivity index (χ3n) is 3.78. The summed E-state index contributed by atoms with van der Waals surface area (Å²) in [5.41, 5.74) is 0.763. The number of benzene rings is 1. The predicted molar refractivity (Wildman–Crippen MR) is 104 cm³/mol. The Kier molecular flexibility index (Phi) is 8.67. The zero-order valence-electron chi connectivity index (χ0n) is 16.6. The van der Waals surface area contributed by atoms with Gasteiger partial charge >= 0.3 is 12.1 Å². The molecule has 0 saturated heterocycles. The normalized spacial score (nSPS) is 10.8. The lowest BCUT2D eigenvalue weighted by molar-refractivity contribution is 0.0526. The number of carboxylic acid groups (broad SMARTS) is 1. The fraction of sp³-hybridized carbons (Fsp3) is 0.524. The van der Waals surface area contributed by atoms with E-state index in [1.165, 1.54) is 6.07 Å². The van der Waals surface area contributed by atoms with Gasteiger partial charge in [-0.1, -0.05) is 18.8 Å². The summed E-state index contributed by atoms with van der Waals surface area (Å²) in [6, 6.07) is 3.19. The maximum Gasteiger partial charge on any atom is 0.407 e. The van der Waals surface area contributed by atoms with E-state index in [0.717, 1.165) is 25.7 Å². The van der Waals surface area contributed by atoms with Crippen LogP contribution < -0.4 is 10.1 Å². The molecule has 0 bridgehead atoms. The van der Waals surface area contributed by atoms with Crippen molar-refractivity contribution in [3.63, 3.8) is 0 Å². The first kappa shape index (κ1) is 22.4. The second-order valence-electron chi connectivity index (χ2n) is 7.28. The van der Waals surface area contributed by atoms with E-state index in [9.17, 15) is 14.7 Å². The van der Waals surface area contributed by atoms with Gasteiger partial charge in [0.2, 0.25) is 0 Å². The molecule has 0 aliphatic rings. The number of terminal acetylenes is 1. The van der Waals surface area contributed by atoms with E-state index >= 15 is 0 Å². The molecule has 6 heteroatoms. The van der Waals surface area contributed by atoms with Gasteiger partial charge in [-0.2, -0.15) is 0 Å². The minimum atomic E-state index is -1.02. The Bertz CT molecular complexity index is 698. The lowest BCUT2D eigenvalue weighted by Gasteiger charge is -2.19. The molecule has 0 spiro atoms. The highest BCUT2D eigenvalue weighted by Crippen LogP contribution is 2.22. The van der Waals surface area contributed by atoms with Crippen molar-refractivity contribution >= 4 is 12.1 Å². The number of unbranched alkanes of at least 4 members (excludes halogenated alkanes) is 3. The van der Waals surface area contributed by atoms with Gasteiger partial charge in [-0.3, -0.25) is 0 Å². The van der Waals surface area contributed by atoms with E-state index in [2.05, 4.69) is 11.2 Å². The first-order valence-electron chi connectivity index (χ1n) is 9.08. The maximum absolute atomic E-state index is 11.5. The average molecular weight is 375 g/mol. The molecule has 0 aliphatic carbocycles. The van der Waals surface area contributed by atoms with E-state index in [4.69, 9.17) is 15.9 Å². The molecule has 0 aromatic heterocycles. The Morgan fingerprint density at radius 1 is 1.19 bits per heavy atom. The van der Waals surface area contributed by atoms with E-state index < -0.39 is 17.7 Å². The molecule has 1 rings (SSSR count). The van der Waals surface area contributed by atoms with Gasteiger partial charge in [0, 0.05) is 12.1 Å². The highest BCUT2D eigenvalue weighted by molar-refractivity contribution is 5.90. The molecule has 0 radical (unpaired) electrons. The number of alkyl carbamates (subject to hydrolysis) is 1. The van der Waals surface area contributed by atoms with Gasteiger partial charge in [0.15, 0.2) is 0 Å². The fourth-order valence-electron chi connectivity index (χ4n) is 2.42. The third kappa shape index (κ3) is 8.50. The molecular weight excluding hydrogens is 346 g/mol. The molecule has 0 atom stereocenters. The summed E-state index contributed by atoms with van der Waals surface area (Å²) >= 11 is 0. The number of aromatic carboxylic acids is 1. The van der Waals surface area contributed by atoms with E-state index in [1.807, 2.05) is 20.8 Å². The number of ether oxygens (including phenoxy) is 2. The van der Waals surface area contributed by atoms with Gasteiger partial charge < -0.3 is 19.9 Å². The van der Waals surface area contributed by atoms with Crippen molar-refractivity contribution in [3.05, 3.63) is 28.8 Å². The highest BCUT2D eigenvalue weighted by Gasteiger charge is 2.15. The monoisotopic (exact) mass is 375 g/mol. The van der Waals surface area contributed by atoms with Crippen LogP contribution in [0.3, 0.4) is 0 Å². The summed E-state index contributed by atoms with van der Waals surface area (Å²) in [7, 11) is 0. The van der Waals surface area contributed by atoms with Gasteiger partial charge in [-0.05, 0) is 58.2 Å². The molecule has 148 valence electrons.